The molecule has 2 heterocycles. The van der Waals surface area contributed by atoms with Crippen LogP contribution in [0.1, 0.15) is 19.4 Å². The molecular formula is C29H27N3O3. The van der Waals surface area contributed by atoms with E-state index in [-0.39, 0.29) is 6.10 Å². The molecule has 176 valence electrons. The second-order valence-electron chi connectivity index (χ2n) is 8.48. The summed E-state index contributed by atoms with van der Waals surface area (Å²) in [6.45, 7) is 4.49. The molecule has 0 fully saturated rings. The SMILES string of the molecule is COc1ccccc1-c1cnc2[nH]c(-c3ccc(OCc4ccccc4)cc3OC(C)C)nc2c1. The molecule has 0 atom stereocenters. The molecule has 6 nitrogen and oxygen atoms in total. The molecule has 0 saturated heterocycles. The smallest absolute Gasteiger partial charge is 0.157 e. The first kappa shape index (κ1) is 22.5. The highest BCUT2D eigenvalue weighted by Crippen LogP contribution is 2.35. The number of imidazole rings is 1. The third-order valence-corrected chi connectivity index (χ3v) is 5.57. The van der Waals surface area contributed by atoms with Crippen molar-refractivity contribution in [3.63, 3.8) is 0 Å². The summed E-state index contributed by atoms with van der Waals surface area (Å²) in [5, 5.41) is 0. The number of aromatic amines is 1. The number of ether oxygens (including phenoxy) is 3. The fourth-order valence-electron chi connectivity index (χ4n) is 3.93. The highest BCUT2D eigenvalue weighted by molar-refractivity contribution is 5.83. The van der Waals surface area contributed by atoms with Crippen LogP contribution < -0.4 is 14.2 Å². The number of aromatic nitrogens is 3. The number of fused-ring (bicyclic) bond motifs is 1. The number of pyridine rings is 1. The van der Waals surface area contributed by atoms with Crippen LogP contribution in [0, 0.1) is 0 Å². The Morgan fingerprint density at radius 1 is 0.857 bits per heavy atom. The van der Waals surface area contributed by atoms with Gasteiger partial charge in [-0.25, -0.2) is 9.97 Å². The van der Waals surface area contributed by atoms with Gasteiger partial charge in [0.2, 0.25) is 0 Å². The van der Waals surface area contributed by atoms with Crippen molar-refractivity contribution in [3.8, 4) is 39.8 Å². The molecule has 0 unspecified atom stereocenters. The van der Waals surface area contributed by atoms with E-state index in [4.69, 9.17) is 19.2 Å². The molecule has 1 N–H and O–H groups in total. The molecule has 0 radical (unpaired) electrons. The second kappa shape index (κ2) is 9.89. The van der Waals surface area contributed by atoms with E-state index in [1.807, 2.05) is 98.9 Å². The molecule has 0 aliphatic carbocycles. The molecule has 3 aromatic carbocycles. The van der Waals surface area contributed by atoms with Gasteiger partial charge in [-0.1, -0.05) is 48.5 Å². The molecule has 0 aliphatic rings. The molecule has 6 heteroatoms. The maximum absolute atomic E-state index is 6.13. The van der Waals surface area contributed by atoms with Gasteiger partial charge in [0, 0.05) is 23.4 Å². The van der Waals surface area contributed by atoms with Gasteiger partial charge in [-0.3, -0.25) is 0 Å². The molecular weight excluding hydrogens is 438 g/mol. The number of para-hydroxylation sites is 1. The van der Waals surface area contributed by atoms with Crippen LogP contribution in [0.5, 0.6) is 17.2 Å². The first-order valence-corrected chi connectivity index (χ1v) is 11.6. The zero-order chi connectivity index (χ0) is 24.2. The van der Waals surface area contributed by atoms with Crippen LogP contribution in [-0.4, -0.2) is 28.2 Å². The van der Waals surface area contributed by atoms with E-state index in [2.05, 4.69) is 9.97 Å². The number of hydrogen-bond donors (Lipinski definition) is 1. The molecule has 0 spiro atoms. The minimum atomic E-state index is -0.00206. The standard InChI is InChI=1S/C29H27N3O3/c1-19(2)35-27-16-22(34-18-20-9-5-4-6-10-20)13-14-24(27)28-31-25-15-21(17-30-29(25)32-28)23-11-7-8-12-26(23)33-3/h4-17,19H,18H2,1-3H3,(H,30,31,32). The summed E-state index contributed by atoms with van der Waals surface area (Å²) >= 11 is 0. The van der Waals surface area contributed by atoms with Crippen LogP contribution in [0.3, 0.4) is 0 Å². The Hall–Kier alpha value is -4.32. The van der Waals surface area contributed by atoms with Crippen molar-refractivity contribution < 1.29 is 14.2 Å². The number of H-pyrrole nitrogens is 1. The topological polar surface area (TPSA) is 69.3 Å². The highest BCUT2D eigenvalue weighted by atomic mass is 16.5. The molecule has 5 aromatic rings. The van der Waals surface area contributed by atoms with E-state index in [1.54, 1.807) is 7.11 Å². The predicted molar refractivity (Wildman–Crippen MR) is 138 cm³/mol. The average Bonchev–Trinajstić information content (AvgIpc) is 3.31. The summed E-state index contributed by atoms with van der Waals surface area (Å²) in [6.07, 6.45) is 1.83. The van der Waals surface area contributed by atoms with Crippen LogP contribution >= 0.6 is 0 Å². The van der Waals surface area contributed by atoms with Gasteiger partial charge >= 0.3 is 0 Å². The Labute approximate surface area is 204 Å². The normalized spacial score (nSPS) is 11.1. The first-order valence-electron chi connectivity index (χ1n) is 11.6. The summed E-state index contributed by atoms with van der Waals surface area (Å²) in [6, 6.07) is 25.8. The third-order valence-electron chi connectivity index (χ3n) is 5.57. The average molecular weight is 466 g/mol. The van der Waals surface area contributed by atoms with E-state index >= 15 is 0 Å². The summed E-state index contributed by atoms with van der Waals surface area (Å²) in [4.78, 5) is 12.8. The highest BCUT2D eigenvalue weighted by Gasteiger charge is 2.16. The van der Waals surface area contributed by atoms with E-state index in [0.29, 0.717) is 23.8 Å². The Morgan fingerprint density at radius 2 is 1.66 bits per heavy atom. The van der Waals surface area contributed by atoms with Crippen molar-refractivity contribution in [2.75, 3.05) is 7.11 Å². The maximum Gasteiger partial charge on any atom is 0.157 e. The van der Waals surface area contributed by atoms with Gasteiger partial charge in [-0.2, -0.15) is 0 Å². The van der Waals surface area contributed by atoms with Gasteiger partial charge in [0.25, 0.3) is 0 Å². The Morgan fingerprint density at radius 3 is 2.46 bits per heavy atom. The number of nitrogens with zero attached hydrogens (tertiary/aromatic N) is 2. The fourth-order valence-corrected chi connectivity index (χ4v) is 3.93. The maximum atomic E-state index is 6.13. The van der Waals surface area contributed by atoms with Gasteiger partial charge in [0.05, 0.1) is 18.8 Å². The zero-order valence-electron chi connectivity index (χ0n) is 20.0. The summed E-state index contributed by atoms with van der Waals surface area (Å²) in [7, 11) is 1.67. The summed E-state index contributed by atoms with van der Waals surface area (Å²) in [5.41, 5.74) is 5.34. The van der Waals surface area contributed by atoms with E-state index in [1.165, 1.54) is 0 Å². The molecule has 0 aliphatic heterocycles. The number of nitrogens with one attached hydrogen (secondary N) is 1. The van der Waals surface area contributed by atoms with Crippen molar-refractivity contribution in [2.45, 2.75) is 26.6 Å². The largest absolute Gasteiger partial charge is 0.496 e. The molecule has 5 rings (SSSR count). The lowest BCUT2D eigenvalue weighted by atomic mass is 10.1. The minimum Gasteiger partial charge on any atom is -0.496 e. The summed E-state index contributed by atoms with van der Waals surface area (Å²) < 4.78 is 17.7. The van der Waals surface area contributed by atoms with Crippen molar-refractivity contribution in [2.24, 2.45) is 0 Å². The number of benzene rings is 3. The summed E-state index contributed by atoms with van der Waals surface area (Å²) in [5.74, 6) is 2.92. The van der Waals surface area contributed by atoms with Crippen LogP contribution in [0.4, 0.5) is 0 Å². The molecule has 0 amide bonds. The van der Waals surface area contributed by atoms with Gasteiger partial charge < -0.3 is 19.2 Å². The van der Waals surface area contributed by atoms with Crippen LogP contribution in [-0.2, 0) is 6.61 Å². The fraction of sp³-hybridized carbons (Fsp3) is 0.172. The van der Waals surface area contributed by atoms with Crippen molar-refractivity contribution in [1.82, 2.24) is 15.0 Å². The zero-order valence-corrected chi connectivity index (χ0v) is 20.0. The molecule has 2 aromatic heterocycles. The van der Waals surface area contributed by atoms with Crippen molar-refractivity contribution in [1.29, 1.82) is 0 Å². The third kappa shape index (κ3) is 4.96. The van der Waals surface area contributed by atoms with Crippen LogP contribution in [0.25, 0.3) is 33.7 Å². The Kier molecular flexibility index (Phi) is 6.35. The van der Waals surface area contributed by atoms with Gasteiger partial charge in [-0.15, -0.1) is 0 Å². The lowest BCUT2D eigenvalue weighted by Gasteiger charge is -2.15. The molecule has 35 heavy (non-hydrogen) atoms. The minimum absolute atomic E-state index is 0.00206. The number of rotatable bonds is 8. The van der Waals surface area contributed by atoms with Crippen LogP contribution in [0.15, 0.2) is 85.1 Å². The lowest BCUT2D eigenvalue weighted by molar-refractivity contribution is 0.240. The monoisotopic (exact) mass is 465 g/mol. The van der Waals surface area contributed by atoms with Gasteiger partial charge in [0.1, 0.15) is 35.2 Å². The first-order chi connectivity index (χ1) is 17.1. The van der Waals surface area contributed by atoms with Crippen LogP contribution in [0.2, 0.25) is 0 Å². The van der Waals surface area contributed by atoms with Gasteiger partial charge in [0.15, 0.2) is 5.65 Å². The van der Waals surface area contributed by atoms with E-state index in [0.717, 1.165) is 39.3 Å². The van der Waals surface area contributed by atoms with E-state index in [9.17, 15) is 0 Å². The van der Waals surface area contributed by atoms with E-state index < -0.39 is 0 Å². The van der Waals surface area contributed by atoms with Crippen molar-refractivity contribution >= 4 is 11.2 Å². The lowest BCUT2D eigenvalue weighted by Crippen LogP contribution is -2.07. The second-order valence-corrected chi connectivity index (χ2v) is 8.48. The van der Waals surface area contributed by atoms with Crippen molar-refractivity contribution in [3.05, 3.63) is 90.6 Å². The molecule has 0 saturated carbocycles. The number of hydrogen-bond acceptors (Lipinski definition) is 5. The quantitative estimate of drug-likeness (QED) is 0.277. The number of methoxy groups -OCH3 is 1. The Bertz CT molecular complexity index is 1440. The Balaban J connectivity index is 1.47. The van der Waals surface area contributed by atoms with Gasteiger partial charge in [-0.05, 0) is 43.7 Å². The molecule has 0 bridgehead atoms. The predicted octanol–water partition coefficient (Wildman–Crippen LogP) is 6.67.